The minimum atomic E-state index is -0.155. The molecule has 128 valence electrons. The molecule has 2 rings (SSSR count). The summed E-state index contributed by atoms with van der Waals surface area (Å²) in [6.45, 7) is 2.40. The minimum Gasteiger partial charge on any atom is -0.496 e. The van der Waals surface area contributed by atoms with E-state index in [1.54, 1.807) is 27.3 Å². The van der Waals surface area contributed by atoms with Crippen LogP contribution >= 0.6 is 11.6 Å². The maximum absolute atomic E-state index is 12.2. The normalized spacial score (nSPS) is 10.6. The number of amides is 1. The van der Waals surface area contributed by atoms with Gasteiger partial charge in [-0.05, 0) is 49.2 Å². The molecule has 1 amide bonds. The first-order valence-corrected chi connectivity index (χ1v) is 8.03. The number of hydrogen-bond donors (Lipinski definition) is 1. The Morgan fingerprint density at radius 3 is 2.67 bits per heavy atom. The van der Waals surface area contributed by atoms with Gasteiger partial charge < -0.3 is 15.4 Å². The number of carbonyl (C=O) groups excluding carboxylic acids is 1. The Labute approximate surface area is 147 Å². The molecule has 0 atom stereocenters. The molecule has 5 nitrogen and oxygen atoms in total. The van der Waals surface area contributed by atoms with Crippen LogP contribution < -0.4 is 10.5 Å². The lowest BCUT2D eigenvalue weighted by molar-refractivity contribution is 0.0822. The van der Waals surface area contributed by atoms with Crippen LogP contribution in [0.15, 0.2) is 24.3 Å². The molecule has 1 aromatic heterocycles. The molecule has 0 saturated carbocycles. The van der Waals surface area contributed by atoms with E-state index in [2.05, 4.69) is 4.98 Å². The molecule has 0 aliphatic rings. The van der Waals surface area contributed by atoms with E-state index in [1.807, 2.05) is 25.1 Å². The number of hydrogen-bond acceptors (Lipinski definition) is 4. The Hall–Kier alpha value is -2.11. The van der Waals surface area contributed by atoms with Gasteiger partial charge in [-0.1, -0.05) is 17.7 Å². The Kier molecular flexibility index (Phi) is 5.80. The van der Waals surface area contributed by atoms with Crippen LogP contribution in [-0.2, 0) is 6.42 Å². The fourth-order valence-electron chi connectivity index (χ4n) is 2.58. The van der Waals surface area contributed by atoms with Crippen molar-refractivity contribution < 1.29 is 9.53 Å². The number of nitrogens with zero attached hydrogens (tertiary/aromatic N) is 2. The number of pyridine rings is 1. The van der Waals surface area contributed by atoms with Crippen molar-refractivity contribution in [1.82, 2.24) is 9.88 Å². The smallest absolute Gasteiger partial charge is 0.271 e. The van der Waals surface area contributed by atoms with Gasteiger partial charge in [-0.15, -0.1) is 0 Å². The van der Waals surface area contributed by atoms with Gasteiger partial charge >= 0.3 is 0 Å². The van der Waals surface area contributed by atoms with Crippen molar-refractivity contribution in [2.45, 2.75) is 13.3 Å². The third-order valence-electron chi connectivity index (χ3n) is 3.80. The van der Waals surface area contributed by atoms with Gasteiger partial charge in [0.1, 0.15) is 11.4 Å². The highest BCUT2D eigenvalue weighted by atomic mass is 35.5. The number of halogens is 1. The lowest BCUT2D eigenvalue weighted by Crippen LogP contribution is -2.22. The summed E-state index contributed by atoms with van der Waals surface area (Å²) >= 11 is 6.39. The Morgan fingerprint density at radius 1 is 1.38 bits per heavy atom. The van der Waals surface area contributed by atoms with E-state index in [4.69, 9.17) is 22.1 Å². The second-order valence-electron chi connectivity index (χ2n) is 5.70. The van der Waals surface area contributed by atoms with E-state index in [0.29, 0.717) is 35.1 Å². The zero-order valence-corrected chi connectivity index (χ0v) is 15.1. The third kappa shape index (κ3) is 3.52. The molecule has 0 radical (unpaired) electrons. The predicted octanol–water partition coefficient (Wildman–Crippen LogP) is 2.92. The lowest BCUT2D eigenvalue weighted by atomic mass is 9.98. The van der Waals surface area contributed by atoms with Crippen molar-refractivity contribution in [3.05, 3.63) is 46.1 Å². The second kappa shape index (κ2) is 7.64. The maximum Gasteiger partial charge on any atom is 0.271 e. The summed E-state index contributed by atoms with van der Waals surface area (Å²) in [4.78, 5) is 18.2. The Bertz CT molecular complexity index is 760. The van der Waals surface area contributed by atoms with E-state index in [9.17, 15) is 4.79 Å². The molecule has 0 spiro atoms. The summed E-state index contributed by atoms with van der Waals surface area (Å²) in [7, 11) is 5.00. The standard InChI is InChI=1S/C18H22ClN3O2/c1-11-13(19)10-12(8-9-20)17(24-4)16(11)14-6-5-7-15(21-14)18(23)22(2)3/h5-7,10H,8-9,20H2,1-4H3. The van der Waals surface area contributed by atoms with Gasteiger partial charge in [0.2, 0.25) is 0 Å². The molecule has 0 aliphatic carbocycles. The van der Waals surface area contributed by atoms with Gasteiger partial charge in [-0.3, -0.25) is 4.79 Å². The molecule has 24 heavy (non-hydrogen) atoms. The van der Waals surface area contributed by atoms with Crippen LogP contribution in [-0.4, -0.2) is 43.5 Å². The average Bonchev–Trinajstić information content (AvgIpc) is 2.57. The molecule has 6 heteroatoms. The van der Waals surface area contributed by atoms with Gasteiger partial charge in [0.05, 0.1) is 12.8 Å². The van der Waals surface area contributed by atoms with Crippen molar-refractivity contribution in [2.75, 3.05) is 27.7 Å². The van der Waals surface area contributed by atoms with E-state index in [-0.39, 0.29) is 5.91 Å². The van der Waals surface area contributed by atoms with Gasteiger partial charge in [-0.2, -0.15) is 0 Å². The average molecular weight is 348 g/mol. The topological polar surface area (TPSA) is 68.5 Å². The highest BCUT2D eigenvalue weighted by molar-refractivity contribution is 6.32. The van der Waals surface area contributed by atoms with Crippen LogP contribution in [0.25, 0.3) is 11.3 Å². The molecule has 1 aromatic carbocycles. The summed E-state index contributed by atoms with van der Waals surface area (Å²) in [5, 5.41) is 0.625. The van der Waals surface area contributed by atoms with Crippen molar-refractivity contribution in [3.8, 4) is 17.0 Å². The summed E-state index contributed by atoms with van der Waals surface area (Å²) < 4.78 is 5.62. The summed E-state index contributed by atoms with van der Waals surface area (Å²) in [6.07, 6.45) is 0.645. The van der Waals surface area contributed by atoms with E-state index in [1.165, 1.54) is 4.90 Å². The molecule has 0 saturated heterocycles. The fraction of sp³-hybridized carbons (Fsp3) is 0.333. The number of ether oxygens (including phenoxy) is 1. The molecule has 0 fully saturated rings. The molecule has 0 bridgehead atoms. The predicted molar refractivity (Wildman–Crippen MR) is 96.7 cm³/mol. The van der Waals surface area contributed by atoms with Gasteiger partial charge in [0.15, 0.2) is 0 Å². The number of rotatable bonds is 5. The van der Waals surface area contributed by atoms with Gasteiger partial charge in [-0.25, -0.2) is 4.98 Å². The molecular weight excluding hydrogens is 326 g/mol. The maximum atomic E-state index is 12.2. The highest BCUT2D eigenvalue weighted by Crippen LogP contribution is 2.39. The molecule has 0 aliphatic heterocycles. The van der Waals surface area contributed by atoms with Gasteiger partial charge in [0, 0.05) is 24.7 Å². The number of aromatic nitrogens is 1. The third-order valence-corrected chi connectivity index (χ3v) is 4.19. The summed E-state index contributed by atoms with van der Waals surface area (Å²) in [6, 6.07) is 7.22. The Morgan fingerprint density at radius 2 is 2.08 bits per heavy atom. The van der Waals surface area contributed by atoms with Crippen LogP contribution in [0.4, 0.5) is 0 Å². The van der Waals surface area contributed by atoms with Crippen LogP contribution in [0.1, 0.15) is 21.6 Å². The monoisotopic (exact) mass is 347 g/mol. The zero-order chi connectivity index (χ0) is 17.9. The lowest BCUT2D eigenvalue weighted by Gasteiger charge is -2.18. The molecular formula is C18H22ClN3O2. The number of carbonyl (C=O) groups is 1. The SMILES string of the molecule is COc1c(CCN)cc(Cl)c(C)c1-c1cccc(C(=O)N(C)C)n1. The summed E-state index contributed by atoms with van der Waals surface area (Å²) in [5.41, 5.74) is 9.30. The number of methoxy groups -OCH3 is 1. The largest absolute Gasteiger partial charge is 0.496 e. The molecule has 0 unspecified atom stereocenters. The molecule has 1 heterocycles. The van der Waals surface area contributed by atoms with Crippen molar-refractivity contribution in [3.63, 3.8) is 0 Å². The van der Waals surface area contributed by atoms with Gasteiger partial charge in [0.25, 0.3) is 5.91 Å². The molecule has 2 aromatic rings. The quantitative estimate of drug-likeness (QED) is 0.903. The Balaban J connectivity index is 2.67. The molecule has 2 N–H and O–H groups in total. The van der Waals surface area contributed by atoms with Crippen molar-refractivity contribution >= 4 is 17.5 Å². The fourth-order valence-corrected chi connectivity index (χ4v) is 2.81. The van der Waals surface area contributed by atoms with E-state index < -0.39 is 0 Å². The second-order valence-corrected chi connectivity index (χ2v) is 6.10. The van der Waals surface area contributed by atoms with E-state index in [0.717, 1.165) is 16.7 Å². The highest BCUT2D eigenvalue weighted by Gasteiger charge is 2.19. The van der Waals surface area contributed by atoms with Crippen LogP contribution in [0, 0.1) is 6.92 Å². The number of nitrogens with two attached hydrogens (primary N) is 1. The zero-order valence-electron chi connectivity index (χ0n) is 14.4. The van der Waals surface area contributed by atoms with Crippen molar-refractivity contribution in [2.24, 2.45) is 5.73 Å². The first-order valence-electron chi connectivity index (χ1n) is 7.65. The summed E-state index contributed by atoms with van der Waals surface area (Å²) in [5.74, 6) is 0.544. The number of benzene rings is 1. The minimum absolute atomic E-state index is 0.155. The van der Waals surface area contributed by atoms with Crippen LogP contribution in [0.3, 0.4) is 0 Å². The first-order chi connectivity index (χ1) is 11.4. The first kappa shape index (κ1) is 18.2. The van der Waals surface area contributed by atoms with Crippen molar-refractivity contribution in [1.29, 1.82) is 0 Å². The van der Waals surface area contributed by atoms with Crippen LogP contribution in [0.2, 0.25) is 5.02 Å². The van der Waals surface area contributed by atoms with Crippen LogP contribution in [0.5, 0.6) is 5.75 Å². The van der Waals surface area contributed by atoms with E-state index >= 15 is 0 Å².